The van der Waals surface area contributed by atoms with Gasteiger partial charge in [0.15, 0.2) is 0 Å². The van der Waals surface area contributed by atoms with Gasteiger partial charge in [-0.1, -0.05) is 0 Å². The molecule has 1 aliphatic rings. The highest BCUT2D eigenvalue weighted by Gasteiger charge is 2.42. The van der Waals surface area contributed by atoms with Gasteiger partial charge < -0.3 is 10.3 Å². The first-order chi connectivity index (χ1) is 8.08. The maximum atomic E-state index is 9.24. The molecule has 0 amide bonds. The number of nitriles is 1. The van der Waals surface area contributed by atoms with Crippen LogP contribution in [0.2, 0.25) is 0 Å². The topological polar surface area (TPSA) is 80.5 Å². The van der Waals surface area contributed by atoms with Crippen LogP contribution in [0.5, 0.6) is 0 Å². The largest absolute Gasteiger partial charge is 0.383 e. The molecule has 0 bridgehead atoms. The minimum atomic E-state index is 0.0486. The summed E-state index contributed by atoms with van der Waals surface area (Å²) in [4.78, 5) is 8.22. The predicted octanol–water partition coefficient (Wildman–Crippen LogP) is 2.16. The third-order valence-electron chi connectivity index (χ3n) is 3.35. The van der Waals surface area contributed by atoms with E-state index in [9.17, 15) is 5.26 Å². The molecule has 0 aromatic carbocycles. The van der Waals surface area contributed by atoms with Crippen LogP contribution >= 0.6 is 15.9 Å². The fraction of sp³-hybridized carbons (Fsp3) is 0.364. The first-order valence-corrected chi connectivity index (χ1v) is 6.09. The third-order valence-corrected chi connectivity index (χ3v) is 4.10. The van der Waals surface area contributed by atoms with Crippen molar-refractivity contribution in [3.8, 4) is 6.07 Å². The first kappa shape index (κ1) is 10.5. The molecule has 6 heteroatoms. The van der Waals surface area contributed by atoms with Crippen LogP contribution in [0.1, 0.15) is 25.3 Å². The summed E-state index contributed by atoms with van der Waals surface area (Å²) in [7, 11) is 0. The molecule has 0 aliphatic heterocycles. The molecule has 0 radical (unpaired) electrons. The van der Waals surface area contributed by atoms with E-state index < -0.39 is 0 Å². The minimum Gasteiger partial charge on any atom is -0.383 e. The quantitative estimate of drug-likeness (QED) is 0.873. The molecule has 3 rings (SSSR count). The van der Waals surface area contributed by atoms with Crippen LogP contribution in [0.4, 0.5) is 5.82 Å². The lowest BCUT2D eigenvalue weighted by Crippen LogP contribution is -2.13. The molecule has 1 aliphatic carbocycles. The highest BCUT2D eigenvalue weighted by atomic mass is 79.9. The number of hydrogen-bond donors (Lipinski definition) is 1. The summed E-state index contributed by atoms with van der Waals surface area (Å²) in [5, 5.41) is 9.88. The van der Waals surface area contributed by atoms with Crippen molar-refractivity contribution in [3.63, 3.8) is 0 Å². The molecule has 1 saturated carbocycles. The van der Waals surface area contributed by atoms with Crippen LogP contribution in [-0.2, 0) is 5.54 Å². The molecule has 0 spiro atoms. The number of nitrogen functional groups attached to an aromatic ring is 1. The molecule has 2 heterocycles. The SMILES string of the molecule is CC1(n2c(Br)c(C#N)c3c(N)ncnc32)CC1. The summed E-state index contributed by atoms with van der Waals surface area (Å²) in [6.45, 7) is 2.15. The van der Waals surface area contributed by atoms with Gasteiger partial charge in [0.1, 0.15) is 28.5 Å². The Morgan fingerprint density at radius 1 is 1.53 bits per heavy atom. The predicted molar refractivity (Wildman–Crippen MR) is 67.2 cm³/mol. The van der Waals surface area contributed by atoms with Gasteiger partial charge in [0, 0.05) is 5.54 Å². The van der Waals surface area contributed by atoms with Gasteiger partial charge in [-0.25, -0.2) is 9.97 Å². The number of nitrogens with zero attached hydrogens (tertiary/aromatic N) is 4. The van der Waals surface area contributed by atoms with Crippen molar-refractivity contribution in [2.75, 3.05) is 5.73 Å². The van der Waals surface area contributed by atoms with Gasteiger partial charge in [-0.15, -0.1) is 0 Å². The lowest BCUT2D eigenvalue weighted by Gasteiger charge is -2.13. The Morgan fingerprint density at radius 3 is 2.82 bits per heavy atom. The average Bonchev–Trinajstić information content (AvgIpc) is 2.93. The fourth-order valence-electron chi connectivity index (χ4n) is 2.11. The fourth-order valence-corrected chi connectivity index (χ4v) is 2.99. The smallest absolute Gasteiger partial charge is 0.148 e. The number of halogens is 1. The van der Waals surface area contributed by atoms with Gasteiger partial charge in [-0.3, -0.25) is 0 Å². The van der Waals surface area contributed by atoms with Crippen LogP contribution in [0.15, 0.2) is 10.9 Å². The molecule has 2 aromatic heterocycles. The Kier molecular flexibility index (Phi) is 1.98. The van der Waals surface area contributed by atoms with Gasteiger partial charge >= 0.3 is 0 Å². The maximum absolute atomic E-state index is 9.24. The highest BCUT2D eigenvalue weighted by Crippen LogP contribution is 2.48. The normalized spacial score (nSPS) is 17.0. The van der Waals surface area contributed by atoms with Crippen LogP contribution in [-0.4, -0.2) is 14.5 Å². The van der Waals surface area contributed by atoms with E-state index in [4.69, 9.17) is 5.73 Å². The van der Waals surface area contributed by atoms with Crippen LogP contribution in [0.25, 0.3) is 11.0 Å². The van der Waals surface area contributed by atoms with Gasteiger partial charge in [0.05, 0.1) is 10.9 Å². The van der Waals surface area contributed by atoms with Crippen molar-refractivity contribution in [3.05, 3.63) is 16.5 Å². The van der Waals surface area contributed by atoms with E-state index in [0.717, 1.165) is 23.1 Å². The Balaban J connectivity index is 2.49. The van der Waals surface area contributed by atoms with Gasteiger partial charge in [-0.05, 0) is 35.7 Å². The molecule has 2 N–H and O–H groups in total. The molecule has 0 unspecified atom stereocenters. The number of anilines is 1. The van der Waals surface area contributed by atoms with Gasteiger partial charge in [0.2, 0.25) is 0 Å². The Labute approximate surface area is 106 Å². The minimum absolute atomic E-state index is 0.0486. The van der Waals surface area contributed by atoms with Gasteiger partial charge in [0.25, 0.3) is 0 Å². The summed E-state index contributed by atoms with van der Waals surface area (Å²) in [6, 6.07) is 2.17. The molecular weight excluding hydrogens is 282 g/mol. The summed E-state index contributed by atoms with van der Waals surface area (Å²) in [5.74, 6) is 0.357. The van der Waals surface area contributed by atoms with Crippen molar-refractivity contribution in [2.24, 2.45) is 0 Å². The van der Waals surface area contributed by atoms with Gasteiger partial charge in [-0.2, -0.15) is 5.26 Å². The lowest BCUT2D eigenvalue weighted by atomic mass is 10.2. The van der Waals surface area contributed by atoms with E-state index in [2.05, 4.69) is 43.5 Å². The zero-order chi connectivity index (χ0) is 12.2. The maximum Gasteiger partial charge on any atom is 0.148 e. The van der Waals surface area contributed by atoms with E-state index in [-0.39, 0.29) is 5.54 Å². The van der Waals surface area contributed by atoms with Crippen molar-refractivity contribution in [1.29, 1.82) is 5.26 Å². The standard InChI is InChI=1S/C11H10BrN5/c1-11(2-3-11)17-8(12)6(4-13)7-9(14)15-5-16-10(7)17/h5H,2-3H2,1H3,(H2,14,15,16). The van der Waals surface area contributed by atoms with E-state index in [1.807, 2.05) is 0 Å². The molecule has 0 atom stereocenters. The molecule has 86 valence electrons. The van der Waals surface area contributed by atoms with Crippen LogP contribution in [0, 0.1) is 11.3 Å². The van der Waals surface area contributed by atoms with Crippen molar-refractivity contribution in [2.45, 2.75) is 25.3 Å². The number of nitrogens with two attached hydrogens (primary N) is 1. The molecule has 17 heavy (non-hydrogen) atoms. The van der Waals surface area contributed by atoms with Crippen molar-refractivity contribution < 1.29 is 0 Å². The van der Waals surface area contributed by atoms with E-state index in [1.165, 1.54) is 6.33 Å². The number of fused-ring (bicyclic) bond motifs is 1. The Hall–Kier alpha value is -1.61. The van der Waals surface area contributed by atoms with E-state index >= 15 is 0 Å². The summed E-state index contributed by atoms with van der Waals surface area (Å²) in [6.07, 6.45) is 3.61. The van der Waals surface area contributed by atoms with E-state index in [0.29, 0.717) is 16.8 Å². The summed E-state index contributed by atoms with van der Waals surface area (Å²) < 4.78 is 2.81. The number of aromatic nitrogens is 3. The highest BCUT2D eigenvalue weighted by molar-refractivity contribution is 9.10. The monoisotopic (exact) mass is 291 g/mol. The first-order valence-electron chi connectivity index (χ1n) is 5.29. The Morgan fingerprint density at radius 2 is 2.24 bits per heavy atom. The van der Waals surface area contributed by atoms with Crippen molar-refractivity contribution in [1.82, 2.24) is 14.5 Å². The molecule has 2 aromatic rings. The molecule has 0 saturated heterocycles. The average molecular weight is 292 g/mol. The van der Waals surface area contributed by atoms with Crippen molar-refractivity contribution >= 4 is 32.8 Å². The van der Waals surface area contributed by atoms with Crippen LogP contribution in [0.3, 0.4) is 0 Å². The van der Waals surface area contributed by atoms with E-state index in [1.54, 1.807) is 0 Å². The third kappa shape index (κ3) is 1.29. The number of hydrogen-bond acceptors (Lipinski definition) is 4. The Bertz CT molecular complexity index is 663. The lowest BCUT2D eigenvalue weighted by molar-refractivity contribution is 0.538. The zero-order valence-electron chi connectivity index (χ0n) is 9.24. The zero-order valence-corrected chi connectivity index (χ0v) is 10.8. The second-order valence-corrected chi connectivity index (χ2v) is 5.32. The van der Waals surface area contributed by atoms with Crippen LogP contribution < -0.4 is 5.73 Å². The second kappa shape index (κ2) is 3.20. The second-order valence-electron chi connectivity index (χ2n) is 4.57. The number of rotatable bonds is 1. The summed E-state index contributed by atoms with van der Waals surface area (Å²) >= 11 is 3.48. The summed E-state index contributed by atoms with van der Waals surface area (Å²) in [5.41, 5.74) is 7.15. The molecule has 1 fully saturated rings. The molecular formula is C11H10BrN5. The molecule has 5 nitrogen and oxygen atoms in total.